The molecule has 0 radical (unpaired) electrons. The number of rotatable bonds is 11. The summed E-state index contributed by atoms with van der Waals surface area (Å²) in [5.74, 6) is 0.236. The summed E-state index contributed by atoms with van der Waals surface area (Å²) in [7, 11) is 0.344. The monoisotopic (exact) mass is 585 g/mol. The van der Waals surface area contributed by atoms with Crippen molar-refractivity contribution < 1.29 is 36.4 Å². The van der Waals surface area contributed by atoms with Gasteiger partial charge in [-0.3, -0.25) is 14.0 Å². The smallest absolute Gasteiger partial charge is 0.310 e. The van der Waals surface area contributed by atoms with Gasteiger partial charge in [0.25, 0.3) is 6.01 Å². The van der Waals surface area contributed by atoms with Gasteiger partial charge in [-0.25, -0.2) is 4.39 Å². The van der Waals surface area contributed by atoms with Gasteiger partial charge in [-0.15, -0.1) is 0 Å². The molecule has 4 aromatic rings. The lowest BCUT2D eigenvalue weighted by atomic mass is 9.99. The quantitative estimate of drug-likeness (QED) is 0.184. The van der Waals surface area contributed by atoms with Crippen LogP contribution < -0.4 is 9.47 Å². The summed E-state index contributed by atoms with van der Waals surface area (Å²) in [6, 6.07) is 10.4. The number of fused-ring (bicyclic) bond motifs is 1. The van der Waals surface area contributed by atoms with Crippen LogP contribution in [0.2, 0.25) is 0 Å². The summed E-state index contributed by atoms with van der Waals surface area (Å²) in [6.07, 6.45) is 1.66. The minimum absolute atomic E-state index is 0.00933. The van der Waals surface area contributed by atoms with E-state index in [1.165, 1.54) is 25.4 Å². The Labute approximate surface area is 240 Å². The Morgan fingerprint density at radius 2 is 1.85 bits per heavy atom. The normalized spacial score (nSPS) is 12.4. The minimum Gasteiger partial charge on any atom is -0.497 e. The largest absolute Gasteiger partial charge is 0.497 e. The van der Waals surface area contributed by atoms with Crippen molar-refractivity contribution in [1.82, 2.24) is 4.98 Å². The molecule has 1 atom stereocenters. The molecule has 7 nitrogen and oxygen atoms in total. The second-order valence-electron chi connectivity index (χ2n) is 10.4. The highest BCUT2D eigenvalue weighted by atomic mass is 32.2. The average Bonchev–Trinajstić information content (AvgIpc) is 3.31. The second kappa shape index (κ2) is 12.8. The number of nitrogens with zero attached hydrogens (tertiary/aromatic N) is 1. The number of methoxy groups -OCH3 is 1. The first-order valence-corrected chi connectivity index (χ1v) is 14.5. The highest BCUT2D eigenvalue weighted by molar-refractivity contribution is 7.86. The van der Waals surface area contributed by atoms with Crippen LogP contribution in [0.3, 0.4) is 0 Å². The number of pyridine rings is 1. The van der Waals surface area contributed by atoms with E-state index in [9.17, 15) is 13.4 Å². The van der Waals surface area contributed by atoms with Gasteiger partial charge in [-0.1, -0.05) is 6.07 Å². The third-order valence-corrected chi connectivity index (χ3v) is 8.35. The Kier molecular flexibility index (Phi) is 9.42. The maximum atomic E-state index is 15.8. The molecule has 0 spiro atoms. The van der Waals surface area contributed by atoms with Crippen LogP contribution in [-0.4, -0.2) is 39.4 Å². The molecule has 0 saturated carbocycles. The number of aryl methyl sites for hydroxylation is 1. The van der Waals surface area contributed by atoms with E-state index in [-0.39, 0.29) is 48.6 Å². The van der Waals surface area contributed by atoms with Gasteiger partial charge in [-0.05, 0) is 57.5 Å². The van der Waals surface area contributed by atoms with Crippen molar-refractivity contribution in [3.63, 3.8) is 0 Å². The van der Waals surface area contributed by atoms with E-state index in [1.807, 2.05) is 20.8 Å². The molecule has 0 amide bonds. The molecule has 4 rings (SSSR count). The standard InChI is InChI=1S/C31H33F2NO6S/c1-6-38-28(35)16-20-7-8-22(37-5)17-26(20)39-18-19-13-21-15-27(32)40-30(21)24(14-19)23-9-11-34-25(29(23)33)10-12-41(36)31(2,3)4/h7-9,11,13-15,17H,6,10,12,16,18H2,1-5H3/t41-/m0/s1. The number of halogens is 2. The number of carbonyl (C=O) groups is 1. The van der Waals surface area contributed by atoms with Crippen molar-refractivity contribution in [1.29, 1.82) is 0 Å². The van der Waals surface area contributed by atoms with Crippen LogP contribution in [0.25, 0.3) is 22.1 Å². The number of benzene rings is 2. The fraction of sp³-hybridized carbons (Fsp3) is 0.355. The third kappa shape index (κ3) is 7.30. The van der Waals surface area contributed by atoms with Crippen LogP contribution in [0, 0.1) is 11.8 Å². The molecule has 0 N–H and O–H groups in total. The average molecular weight is 586 g/mol. The highest BCUT2D eigenvalue weighted by Crippen LogP contribution is 2.35. The summed E-state index contributed by atoms with van der Waals surface area (Å²) < 4.78 is 63.9. The molecule has 218 valence electrons. The van der Waals surface area contributed by atoms with E-state index in [4.69, 9.17) is 18.6 Å². The lowest BCUT2D eigenvalue weighted by molar-refractivity contribution is -0.142. The predicted octanol–water partition coefficient (Wildman–Crippen LogP) is 6.56. The van der Waals surface area contributed by atoms with Crippen molar-refractivity contribution >= 4 is 27.7 Å². The summed E-state index contributed by atoms with van der Waals surface area (Å²) in [5.41, 5.74) is 2.09. The van der Waals surface area contributed by atoms with Gasteiger partial charge in [0.05, 0.1) is 25.8 Å². The van der Waals surface area contributed by atoms with Gasteiger partial charge in [0.1, 0.15) is 23.7 Å². The van der Waals surface area contributed by atoms with Crippen molar-refractivity contribution in [3.8, 4) is 22.6 Å². The summed E-state index contributed by atoms with van der Waals surface area (Å²) in [4.78, 5) is 16.3. The van der Waals surface area contributed by atoms with Gasteiger partial charge >= 0.3 is 5.97 Å². The molecule has 0 unspecified atom stereocenters. The van der Waals surface area contributed by atoms with Crippen molar-refractivity contribution in [3.05, 3.63) is 77.3 Å². The van der Waals surface area contributed by atoms with Crippen LogP contribution >= 0.6 is 0 Å². The summed E-state index contributed by atoms with van der Waals surface area (Å²) in [6.45, 7) is 7.62. The molecular weight excluding hydrogens is 552 g/mol. The van der Waals surface area contributed by atoms with E-state index in [0.29, 0.717) is 33.6 Å². The number of aromatic nitrogens is 1. The molecule has 10 heteroatoms. The molecule has 2 heterocycles. The van der Waals surface area contributed by atoms with Gasteiger partial charge in [0, 0.05) is 68.1 Å². The zero-order chi connectivity index (χ0) is 29.7. The lowest BCUT2D eigenvalue weighted by Crippen LogP contribution is -2.25. The van der Waals surface area contributed by atoms with E-state index < -0.39 is 33.3 Å². The Hall–Kier alpha value is -3.79. The van der Waals surface area contributed by atoms with Crippen molar-refractivity contribution in [2.24, 2.45) is 0 Å². The van der Waals surface area contributed by atoms with Gasteiger partial charge in [-0.2, -0.15) is 4.39 Å². The Morgan fingerprint density at radius 1 is 1.07 bits per heavy atom. The summed E-state index contributed by atoms with van der Waals surface area (Å²) in [5, 5.41) is 0.433. The van der Waals surface area contributed by atoms with Crippen LogP contribution in [-0.2, 0) is 39.8 Å². The maximum Gasteiger partial charge on any atom is 0.310 e. The van der Waals surface area contributed by atoms with E-state index >= 15 is 4.39 Å². The number of furan rings is 1. The molecule has 0 aliphatic heterocycles. The minimum atomic E-state index is -1.18. The first kappa shape index (κ1) is 30.2. The van der Waals surface area contributed by atoms with Crippen LogP contribution in [0.1, 0.15) is 44.5 Å². The molecule has 0 bridgehead atoms. The second-order valence-corrected chi connectivity index (χ2v) is 12.7. The highest BCUT2D eigenvalue weighted by Gasteiger charge is 2.22. The van der Waals surface area contributed by atoms with Gasteiger partial charge in [0.2, 0.25) is 0 Å². The van der Waals surface area contributed by atoms with Gasteiger partial charge < -0.3 is 18.6 Å². The van der Waals surface area contributed by atoms with Crippen LogP contribution in [0.15, 0.2) is 53.1 Å². The molecular formula is C31H33F2NO6S. The number of ether oxygens (including phenoxy) is 3. The van der Waals surface area contributed by atoms with E-state index in [0.717, 1.165) is 0 Å². The van der Waals surface area contributed by atoms with Gasteiger partial charge in [0.15, 0.2) is 5.82 Å². The SMILES string of the molecule is CCOC(=O)Cc1ccc(OC)cc1OCc1cc(-c2ccnc(CC[S@](=O)C(C)(C)C)c2F)c2oc(F)cc2c1. The fourth-order valence-corrected chi connectivity index (χ4v) is 5.29. The zero-order valence-electron chi connectivity index (χ0n) is 23.7. The molecule has 2 aromatic carbocycles. The molecule has 0 aliphatic rings. The predicted molar refractivity (Wildman–Crippen MR) is 153 cm³/mol. The first-order chi connectivity index (χ1) is 19.5. The molecule has 0 saturated heterocycles. The molecule has 2 aromatic heterocycles. The van der Waals surface area contributed by atoms with Crippen molar-refractivity contribution in [2.45, 2.75) is 51.9 Å². The first-order valence-electron chi connectivity index (χ1n) is 13.2. The topological polar surface area (TPSA) is 87.9 Å². The zero-order valence-corrected chi connectivity index (χ0v) is 24.5. The third-order valence-electron chi connectivity index (χ3n) is 6.41. The van der Waals surface area contributed by atoms with E-state index in [1.54, 1.807) is 37.3 Å². The number of esters is 1. The van der Waals surface area contributed by atoms with E-state index in [2.05, 4.69) is 4.98 Å². The number of carbonyl (C=O) groups excluding carboxylic acids is 1. The maximum absolute atomic E-state index is 15.8. The number of hydrogen-bond acceptors (Lipinski definition) is 7. The van der Waals surface area contributed by atoms with Crippen LogP contribution in [0.5, 0.6) is 11.5 Å². The lowest BCUT2D eigenvalue weighted by Gasteiger charge is -2.17. The molecule has 0 aliphatic carbocycles. The summed E-state index contributed by atoms with van der Waals surface area (Å²) >= 11 is 0. The number of hydrogen-bond donors (Lipinski definition) is 0. The Morgan fingerprint density at radius 3 is 2.56 bits per heavy atom. The molecule has 41 heavy (non-hydrogen) atoms. The molecule has 0 fully saturated rings. The fourth-order valence-electron chi connectivity index (χ4n) is 4.30. The van der Waals surface area contributed by atoms with Crippen LogP contribution in [0.4, 0.5) is 8.78 Å². The Balaban J connectivity index is 1.67. The Bertz CT molecular complexity index is 1580. The van der Waals surface area contributed by atoms with Crippen molar-refractivity contribution in [2.75, 3.05) is 19.5 Å².